The summed E-state index contributed by atoms with van der Waals surface area (Å²) >= 11 is 0. The Labute approximate surface area is 331 Å². The maximum Gasteiger partial charge on any atom is 0.255 e. The SMILES string of the molecule is COc1cccc([C@H]2COc3cc(O)ccc3C2c2ccc(N3CCC(CN4CCN(c5ccc6c(c5)CN(C5CCC(=O)NC5=O)C6=O)CC4)CC3)c(F)c2)c1. The van der Waals surface area contributed by atoms with Crippen LogP contribution >= 0.6 is 0 Å². The zero-order valence-electron chi connectivity index (χ0n) is 32.2. The number of carbonyl (C=O) groups is 3. The van der Waals surface area contributed by atoms with Gasteiger partial charge in [0.15, 0.2) is 0 Å². The molecule has 4 aromatic rings. The first-order valence-corrected chi connectivity index (χ1v) is 20.1. The van der Waals surface area contributed by atoms with Gasteiger partial charge in [-0.15, -0.1) is 0 Å². The second-order valence-electron chi connectivity index (χ2n) is 16.1. The van der Waals surface area contributed by atoms with E-state index < -0.39 is 11.9 Å². The summed E-state index contributed by atoms with van der Waals surface area (Å²) < 4.78 is 27.8. The van der Waals surface area contributed by atoms with Crippen molar-refractivity contribution in [3.63, 3.8) is 0 Å². The number of nitrogens with one attached hydrogen (secondary N) is 1. The van der Waals surface area contributed by atoms with E-state index in [1.807, 2.05) is 42.5 Å². The highest BCUT2D eigenvalue weighted by molar-refractivity contribution is 6.05. The molecule has 5 aliphatic heterocycles. The number of hydrogen-bond acceptors (Lipinski definition) is 9. The highest BCUT2D eigenvalue weighted by Crippen LogP contribution is 2.48. The summed E-state index contributed by atoms with van der Waals surface area (Å²) in [4.78, 5) is 45.9. The number of ether oxygens (including phenoxy) is 2. The van der Waals surface area contributed by atoms with E-state index in [9.17, 15) is 19.5 Å². The van der Waals surface area contributed by atoms with Crippen molar-refractivity contribution in [2.45, 2.75) is 50.1 Å². The van der Waals surface area contributed by atoms with Gasteiger partial charge in [0, 0.05) is 93.5 Å². The van der Waals surface area contributed by atoms with Crippen molar-refractivity contribution in [2.24, 2.45) is 5.92 Å². The number of hydrogen-bond donors (Lipinski definition) is 2. The maximum atomic E-state index is 16.2. The second-order valence-corrected chi connectivity index (χ2v) is 16.1. The monoisotopic (exact) mass is 773 g/mol. The Kier molecular flexibility index (Phi) is 9.98. The van der Waals surface area contributed by atoms with Gasteiger partial charge in [0.2, 0.25) is 11.8 Å². The van der Waals surface area contributed by atoms with Crippen LogP contribution in [0.3, 0.4) is 0 Å². The minimum Gasteiger partial charge on any atom is -0.508 e. The van der Waals surface area contributed by atoms with E-state index in [-0.39, 0.29) is 41.6 Å². The third kappa shape index (κ3) is 7.27. The van der Waals surface area contributed by atoms with E-state index in [4.69, 9.17) is 9.47 Å². The molecule has 3 saturated heterocycles. The van der Waals surface area contributed by atoms with Crippen molar-refractivity contribution in [2.75, 3.05) is 69.3 Å². The number of rotatable bonds is 8. The number of anilines is 2. The largest absolute Gasteiger partial charge is 0.508 e. The van der Waals surface area contributed by atoms with Crippen LogP contribution in [0, 0.1) is 11.7 Å². The third-order valence-electron chi connectivity index (χ3n) is 12.7. The summed E-state index contributed by atoms with van der Waals surface area (Å²) in [6, 6.07) is 24.2. The quantitative estimate of drug-likeness (QED) is 0.220. The van der Waals surface area contributed by atoms with Crippen molar-refractivity contribution in [3.05, 3.63) is 112 Å². The predicted octanol–water partition coefficient (Wildman–Crippen LogP) is 5.65. The Hall–Kier alpha value is -5.62. The Morgan fingerprint density at radius 3 is 2.46 bits per heavy atom. The number of piperazine rings is 1. The molecule has 3 amide bonds. The molecule has 11 nitrogen and oxygen atoms in total. The molecule has 57 heavy (non-hydrogen) atoms. The van der Waals surface area contributed by atoms with Crippen LogP contribution in [0.25, 0.3) is 0 Å². The molecular formula is C45H48FN5O6. The fraction of sp³-hybridized carbons (Fsp3) is 0.400. The fourth-order valence-corrected chi connectivity index (χ4v) is 9.61. The van der Waals surface area contributed by atoms with E-state index in [0.29, 0.717) is 42.5 Å². The van der Waals surface area contributed by atoms with Gasteiger partial charge < -0.3 is 29.3 Å². The van der Waals surface area contributed by atoms with Gasteiger partial charge in [0.1, 0.15) is 29.1 Å². The summed E-state index contributed by atoms with van der Waals surface area (Å²) in [6.45, 7) is 7.06. The number of aromatic hydroxyl groups is 1. The maximum absolute atomic E-state index is 16.2. The highest BCUT2D eigenvalue weighted by atomic mass is 19.1. The third-order valence-corrected chi connectivity index (χ3v) is 12.7. The van der Waals surface area contributed by atoms with E-state index in [1.165, 1.54) is 0 Å². The van der Waals surface area contributed by atoms with Crippen molar-refractivity contribution >= 4 is 29.1 Å². The number of halogens is 1. The van der Waals surface area contributed by atoms with Gasteiger partial charge >= 0.3 is 0 Å². The van der Waals surface area contributed by atoms with Crippen LogP contribution in [-0.4, -0.2) is 98.2 Å². The zero-order valence-corrected chi connectivity index (χ0v) is 32.2. The number of phenols is 1. The molecule has 5 heterocycles. The number of piperidine rings is 2. The molecular weight excluding hydrogens is 726 g/mol. The molecule has 0 aliphatic carbocycles. The zero-order chi connectivity index (χ0) is 39.2. The minimum absolute atomic E-state index is 0.0723. The van der Waals surface area contributed by atoms with Crippen LogP contribution in [-0.2, 0) is 16.1 Å². The number of fused-ring (bicyclic) bond motifs is 2. The first-order valence-electron chi connectivity index (χ1n) is 20.1. The van der Waals surface area contributed by atoms with E-state index in [0.717, 1.165) is 92.3 Å². The summed E-state index contributed by atoms with van der Waals surface area (Å²) in [5.74, 6) is 0.760. The molecule has 0 bridgehead atoms. The molecule has 0 spiro atoms. The van der Waals surface area contributed by atoms with Crippen LogP contribution in [0.5, 0.6) is 17.2 Å². The van der Waals surface area contributed by atoms with Crippen LogP contribution in [0.1, 0.15) is 70.1 Å². The van der Waals surface area contributed by atoms with Gasteiger partial charge in [-0.2, -0.15) is 0 Å². The number of nitrogens with zero attached hydrogens (tertiary/aromatic N) is 4. The molecule has 0 saturated carbocycles. The molecule has 9 rings (SSSR count). The lowest BCUT2D eigenvalue weighted by Gasteiger charge is -2.40. The summed E-state index contributed by atoms with van der Waals surface area (Å²) in [7, 11) is 1.65. The average Bonchev–Trinajstić information content (AvgIpc) is 3.55. The Morgan fingerprint density at radius 1 is 0.860 bits per heavy atom. The molecule has 0 aromatic heterocycles. The summed E-state index contributed by atoms with van der Waals surface area (Å²) in [5, 5.41) is 12.5. The van der Waals surface area contributed by atoms with Gasteiger partial charge in [0.25, 0.3) is 5.91 Å². The first kappa shape index (κ1) is 37.0. The Bertz CT molecular complexity index is 2200. The number of phenolic OH excluding ortho intramolecular Hbond substituents is 1. The van der Waals surface area contributed by atoms with Gasteiger partial charge in [0.05, 0.1) is 19.4 Å². The van der Waals surface area contributed by atoms with Crippen molar-refractivity contribution in [3.8, 4) is 17.2 Å². The molecule has 4 aromatic carbocycles. The van der Waals surface area contributed by atoms with Gasteiger partial charge in [-0.25, -0.2) is 4.39 Å². The number of imide groups is 1. The average molecular weight is 774 g/mol. The molecule has 2 N–H and O–H groups in total. The molecule has 2 unspecified atom stereocenters. The number of carbonyl (C=O) groups excluding carboxylic acids is 3. The van der Waals surface area contributed by atoms with Gasteiger partial charge in [-0.3, -0.25) is 24.6 Å². The second kappa shape index (κ2) is 15.4. The predicted molar refractivity (Wildman–Crippen MR) is 214 cm³/mol. The number of amides is 3. The molecule has 0 radical (unpaired) electrons. The van der Waals surface area contributed by atoms with Crippen LogP contribution in [0.2, 0.25) is 0 Å². The van der Waals surface area contributed by atoms with Crippen molar-refractivity contribution in [1.82, 2.24) is 15.1 Å². The Morgan fingerprint density at radius 2 is 1.68 bits per heavy atom. The smallest absolute Gasteiger partial charge is 0.255 e. The minimum atomic E-state index is -0.612. The van der Waals surface area contributed by atoms with Crippen LogP contribution < -0.4 is 24.6 Å². The fourth-order valence-electron chi connectivity index (χ4n) is 9.61. The van der Waals surface area contributed by atoms with E-state index in [1.54, 1.807) is 30.2 Å². The van der Waals surface area contributed by atoms with Crippen LogP contribution in [0.4, 0.5) is 15.8 Å². The van der Waals surface area contributed by atoms with E-state index >= 15 is 4.39 Å². The van der Waals surface area contributed by atoms with Crippen molar-refractivity contribution in [1.29, 1.82) is 0 Å². The lowest BCUT2D eigenvalue weighted by atomic mass is 9.75. The molecule has 3 atom stereocenters. The molecule has 12 heteroatoms. The van der Waals surface area contributed by atoms with Crippen molar-refractivity contribution < 1.29 is 33.4 Å². The summed E-state index contributed by atoms with van der Waals surface area (Å²) in [6.07, 6.45) is 2.60. The van der Waals surface area contributed by atoms with Crippen LogP contribution in [0.15, 0.2) is 78.9 Å². The van der Waals surface area contributed by atoms with Gasteiger partial charge in [-0.05, 0) is 90.4 Å². The lowest BCUT2D eigenvalue weighted by molar-refractivity contribution is -0.136. The molecule has 3 fully saturated rings. The Balaban J connectivity index is 0.802. The normalized spacial score (nSPS) is 22.9. The first-order chi connectivity index (χ1) is 27.7. The number of methoxy groups -OCH3 is 1. The summed E-state index contributed by atoms with van der Waals surface area (Å²) in [5.41, 5.74) is 6.12. The van der Waals surface area contributed by atoms with Gasteiger partial charge in [-0.1, -0.05) is 24.3 Å². The molecule has 296 valence electrons. The highest BCUT2D eigenvalue weighted by Gasteiger charge is 2.40. The number of benzene rings is 4. The van der Waals surface area contributed by atoms with E-state index in [2.05, 4.69) is 38.2 Å². The standard InChI is InChI=1S/C45H48FN5O6/c1-56-34-4-2-3-29(22-34)37-27-57-41-24-33(52)7-9-36(41)43(37)30-5-10-39(38(46)23-30)50-15-13-28(14-16-50)25-48-17-19-49(20-18-48)32-6-8-35-31(21-32)26-51(45(35)55)40-11-12-42(53)47-44(40)54/h2-10,21-24,28,37,40,43,52H,11-20,25-27H2,1H3,(H,47,53,54)/t37-,40?,43?/m1/s1. The lowest BCUT2D eigenvalue weighted by Crippen LogP contribution is -2.52. The molecule has 5 aliphatic rings. The topological polar surface area (TPSA) is 115 Å².